The zero-order valence-electron chi connectivity index (χ0n) is 17.2. The van der Waals surface area contributed by atoms with Crippen LogP contribution in [0, 0.1) is 5.41 Å². The highest BCUT2D eigenvalue weighted by Crippen LogP contribution is 2.20. The van der Waals surface area contributed by atoms with Crippen molar-refractivity contribution in [3.8, 4) is 0 Å². The van der Waals surface area contributed by atoms with E-state index < -0.39 is 5.54 Å². The summed E-state index contributed by atoms with van der Waals surface area (Å²) in [6.07, 6.45) is 4.17. The fraction of sp³-hybridized carbons (Fsp3) is 0.833. The van der Waals surface area contributed by atoms with Crippen LogP contribution in [0.5, 0.6) is 0 Å². The molecule has 0 aromatic heterocycles. The first kappa shape index (κ1) is 26.9. The number of amides is 1. The Balaban J connectivity index is 0. The number of nitrogens with two attached hydrogens (primary N) is 2. The molecule has 0 aliphatic carbocycles. The first-order valence-corrected chi connectivity index (χ1v) is 9.35. The molecule has 0 rings (SSSR count). The number of hydrogen-bond acceptors (Lipinski definition) is 3. The molecule has 1 atom stereocenters. The van der Waals surface area contributed by atoms with Gasteiger partial charge in [-0.3, -0.25) is 4.79 Å². The summed E-state index contributed by atoms with van der Waals surface area (Å²) in [7, 11) is 2.19. The molecule has 0 aliphatic heterocycles. The lowest BCUT2D eigenvalue weighted by Gasteiger charge is -2.32. The lowest BCUT2D eigenvalue weighted by atomic mass is 9.93. The van der Waals surface area contributed by atoms with Crippen molar-refractivity contribution in [3.63, 3.8) is 0 Å². The molecule has 7 nitrogen and oxygen atoms in total. The Morgan fingerprint density at radius 2 is 1.77 bits per heavy atom. The van der Waals surface area contributed by atoms with Crippen LogP contribution >= 0.6 is 12.4 Å². The van der Waals surface area contributed by atoms with Crippen molar-refractivity contribution in [2.45, 2.75) is 65.3 Å². The molecule has 154 valence electrons. The third-order valence-electron chi connectivity index (χ3n) is 5.04. The number of likely N-dealkylation sites (N-methyl/N-ethyl adjacent to an activating group) is 1. The fourth-order valence-corrected chi connectivity index (χ4v) is 2.71. The van der Waals surface area contributed by atoms with Gasteiger partial charge in [-0.15, -0.1) is 12.4 Å². The Labute approximate surface area is 165 Å². The quantitative estimate of drug-likeness (QED) is 0.166. The summed E-state index contributed by atoms with van der Waals surface area (Å²) >= 11 is 0. The summed E-state index contributed by atoms with van der Waals surface area (Å²) in [6.45, 7) is 11.5. The standard InChI is InChI=1S/C18H38N6O.ClH/c1-6-24(5,7-2)14-13-22-16(25)18(4,23-17(20)21)12-10-8-9-11-15(3)19;/h19H,6-14H2,1-5H3,(H4-,20,21,22,23,25);1H/p+1. The lowest BCUT2D eigenvalue weighted by molar-refractivity contribution is -0.904. The van der Waals surface area contributed by atoms with E-state index in [2.05, 4.69) is 31.2 Å². The lowest BCUT2D eigenvalue weighted by Crippen LogP contribution is -2.51. The predicted octanol–water partition coefficient (Wildman–Crippen LogP) is 2.03. The molecule has 1 amide bonds. The van der Waals surface area contributed by atoms with Gasteiger partial charge in [0.1, 0.15) is 5.54 Å². The zero-order valence-corrected chi connectivity index (χ0v) is 18.0. The summed E-state index contributed by atoms with van der Waals surface area (Å²) in [5.41, 5.74) is 10.9. The number of nitrogens with one attached hydrogen (secondary N) is 2. The zero-order chi connectivity index (χ0) is 19.5. The minimum Gasteiger partial charge on any atom is -0.370 e. The highest BCUT2D eigenvalue weighted by atomic mass is 35.5. The van der Waals surface area contributed by atoms with Crippen molar-refractivity contribution >= 4 is 30.0 Å². The first-order valence-electron chi connectivity index (χ1n) is 9.35. The summed E-state index contributed by atoms with van der Waals surface area (Å²) in [5.74, 6) is -0.182. The monoisotopic (exact) mass is 391 g/mol. The molecule has 0 heterocycles. The van der Waals surface area contributed by atoms with Gasteiger partial charge in [-0.2, -0.15) is 0 Å². The predicted molar refractivity (Wildman–Crippen MR) is 113 cm³/mol. The van der Waals surface area contributed by atoms with Gasteiger partial charge in [0, 0.05) is 5.71 Å². The number of quaternary nitrogens is 1. The highest BCUT2D eigenvalue weighted by Gasteiger charge is 2.32. The molecular formula is C18H40ClN6O+. The topological polar surface area (TPSA) is 117 Å². The number of hydrogen-bond donors (Lipinski definition) is 4. The molecule has 0 saturated carbocycles. The van der Waals surface area contributed by atoms with Crippen molar-refractivity contribution in [2.75, 3.05) is 33.2 Å². The van der Waals surface area contributed by atoms with E-state index in [-0.39, 0.29) is 24.3 Å². The molecular weight excluding hydrogens is 352 g/mol. The van der Waals surface area contributed by atoms with E-state index in [0.29, 0.717) is 18.7 Å². The molecule has 8 heteroatoms. The Morgan fingerprint density at radius 3 is 2.23 bits per heavy atom. The summed E-state index contributed by atoms with van der Waals surface area (Å²) in [4.78, 5) is 16.9. The van der Waals surface area contributed by atoms with Gasteiger partial charge in [0.15, 0.2) is 5.96 Å². The number of carbonyl (C=O) groups excluding carboxylic acids is 1. The number of nitrogens with zero attached hydrogens (tertiary/aromatic N) is 2. The van der Waals surface area contributed by atoms with Gasteiger partial charge in [-0.05, 0) is 47.0 Å². The van der Waals surface area contributed by atoms with E-state index in [1.807, 2.05) is 6.92 Å². The molecule has 0 spiro atoms. The van der Waals surface area contributed by atoms with Gasteiger partial charge >= 0.3 is 0 Å². The molecule has 0 fully saturated rings. The second-order valence-electron chi connectivity index (χ2n) is 7.38. The molecule has 0 radical (unpaired) electrons. The summed E-state index contributed by atoms with van der Waals surface area (Å²) < 4.78 is 0.919. The third-order valence-corrected chi connectivity index (χ3v) is 5.04. The van der Waals surface area contributed by atoms with Crippen molar-refractivity contribution in [1.82, 2.24) is 5.32 Å². The first-order chi connectivity index (χ1) is 11.6. The largest absolute Gasteiger partial charge is 0.370 e. The van der Waals surface area contributed by atoms with E-state index in [4.69, 9.17) is 16.9 Å². The normalized spacial score (nSPS) is 13.3. The Kier molecular flexibility index (Phi) is 13.4. The van der Waals surface area contributed by atoms with Crippen LogP contribution in [0.15, 0.2) is 4.99 Å². The van der Waals surface area contributed by atoms with Gasteiger partial charge in [-0.25, -0.2) is 4.99 Å². The van der Waals surface area contributed by atoms with E-state index in [1.165, 1.54) is 0 Å². The smallest absolute Gasteiger partial charge is 0.247 e. The van der Waals surface area contributed by atoms with Crippen molar-refractivity contribution < 1.29 is 9.28 Å². The van der Waals surface area contributed by atoms with Crippen molar-refractivity contribution in [1.29, 1.82) is 5.41 Å². The fourth-order valence-electron chi connectivity index (χ4n) is 2.71. The Morgan fingerprint density at radius 1 is 1.19 bits per heavy atom. The molecule has 0 aliphatic rings. The van der Waals surface area contributed by atoms with Crippen LogP contribution < -0.4 is 16.8 Å². The number of carbonyl (C=O) groups is 1. The molecule has 0 bridgehead atoms. The Hall–Kier alpha value is -1.34. The van der Waals surface area contributed by atoms with Crippen molar-refractivity contribution in [3.05, 3.63) is 0 Å². The number of guanidine groups is 1. The average Bonchev–Trinajstić information content (AvgIpc) is 2.53. The maximum atomic E-state index is 12.7. The summed E-state index contributed by atoms with van der Waals surface area (Å²) in [6, 6.07) is 0. The second-order valence-corrected chi connectivity index (χ2v) is 7.38. The minimum atomic E-state index is -0.930. The van der Waals surface area contributed by atoms with E-state index in [0.717, 1.165) is 49.8 Å². The van der Waals surface area contributed by atoms with Crippen LogP contribution in [0.4, 0.5) is 0 Å². The maximum Gasteiger partial charge on any atom is 0.247 e. The van der Waals surface area contributed by atoms with E-state index >= 15 is 0 Å². The SMILES string of the molecule is CC[N+](C)(CC)CCNC(=O)C(C)(CCCCCC(C)=N)N=C(N)N.Cl. The molecule has 0 aromatic rings. The van der Waals surface area contributed by atoms with Crippen LogP contribution in [-0.4, -0.2) is 60.8 Å². The van der Waals surface area contributed by atoms with Gasteiger partial charge in [0.25, 0.3) is 0 Å². The summed E-state index contributed by atoms with van der Waals surface area (Å²) in [5, 5.41) is 10.5. The number of unbranched alkanes of at least 4 members (excludes halogenated alkanes) is 2. The van der Waals surface area contributed by atoms with E-state index in [9.17, 15) is 4.79 Å². The molecule has 26 heavy (non-hydrogen) atoms. The molecule has 0 aromatic carbocycles. The Bertz CT molecular complexity index is 461. The van der Waals surface area contributed by atoms with Gasteiger partial charge in [-0.1, -0.05) is 12.8 Å². The van der Waals surface area contributed by atoms with Crippen molar-refractivity contribution in [2.24, 2.45) is 16.5 Å². The van der Waals surface area contributed by atoms with Crippen LogP contribution in [0.3, 0.4) is 0 Å². The molecule has 6 N–H and O–H groups in total. The number of halogens is 1. The van der Waals surface area contributed by atoms with Crippen LogP contribution in [0.2, 0.25) is 0 Å². The van der Waals surface area contributed by atoms with Gasteiger partial charge in [0.2, 0.25) is 5.91 Å². The average molecular weight is 392 g/mol. The highest BCUT2D eigenvalue weighted by molar-refractivity contribution is 5.89. The third kappa shape index (κ3) is 10.6. The number of aliphatic imine (C=N–C) groups is 1. The molecule has 0 saturated heterocycles. The maximum absolute atomic E-state index is 12.7. The minimum absolute atomic E-state index is 0. The van der Waals surface area contributed by atoms with Gasteiger partial charge in [0.05, 0.1) is 33.2 Å². The van der Waals surface area contributed by atoms with Crippen LogP contribution in [0.1, 0.15) is 59.8 Å². The van der Waals surface area contributed by atoms with Gasteiger partial charge < -0.3 is 26.7 Å². The number of rotatable bonds is 13. The van der Waals surface area contributed by atoms with Crippen LogP contribution in [-0.2, 0) is 4.79 Å². The second kappa shape index (κ2) is 12.9. The van der Waals surface area contributed by atoms with Crippen LogP contribution in [0.25, 0.3) is 0 Å². The van der Waals surface area contributed by atoms with E-state index in [1.54, 1.807) is 6.92 Å². The molecule has 1 unspecified atom stereocenters.